The van der Waals surface area contributed by atoms with Crippen molar-refractivity contribution in [1.29, 1.82) is 0 Å². The van der Waals surface area contributed by atoms with Crippen molar-refractivity contribution in [2.24, 2.45) is 0 Å². The predicted molar refractivity (Wildman–Crippen MR) is 97.5 cm³/mol. The molecule has 0 bridgehead atoms. The second kappa shape index (κ2) is 5.91. The SMILES string of the molecule is O=C(O)c1ccc(-c2ccc(-c3ccc4ccccc4n3)s2)cc1. The molecule has 116 valence electrons. The first-order valence-electron chi connectivity index (χ1n) is 7.50. The summed E-state index contributed by atoms with van der Waals surface area (Å²) in [4.78, 5) is 17.9. The van der Waals surface area contributed by atoms with Gasteiger partial charge in [-0.1, -0.05) is 36.4 Å². The van der Waals surface area contributed by atoms with Gasteiger partial charge in [0, 0.05) is 10.3 Å². The summed E-state index contributed by atoms with van der Waals surface area (Å²) in [5.41, 5.74) is 3.24. The Kier molecular flexibility index (Phi) is 3.59. The molecule has 2 heterocycles. The molecule has 0 radical (unpaired) electrons. The van der Waals surface area contributed by atoms with Gasteiger partial charge < -0.3 is 5.11 Å². The fourth-order valence-electron chi connectivity index (χ4n) is 2.61. The van der Waals surface area contributed by atoms with E-state index in [2.05, 4.69) is 18.2 Å². The number of pyridine rings is 1. The third kappa shape index (κ3) is 2.68. The first kappa shape index (κ1) is 14.6. The van der Waals surface area contributed by atoms with Crippen LogP contribution in [0.1, 0.15) is 10.4 Å². The number of carbonyl (C=O) groups is 1. The molecule has 2 aromatic carbocycles. The standard InChI is InChI=1S/C20H13NO2S/c22-20(23)15-7-5-14(6-8-15)18-11-12-19(24-18)17-10-9-13-3-1-2-4-16(13)21-17/h1-12H,(H,22,23). The number of carboxylic acid groups (broad SMARTS) is 1. The number of fused-ring (bicyclic) bond motifs is 1. The average molecular weight is 331 g/mol. The number of benzene rings is 2. The van der Waals surface area contributed by atoms with Crippen molar-refractivity contribution in [2.45, 2.75) is 0 Å². The first-order valence-corrected chi connectivity index (χ1v) is 8.32. The molecule has 0 aliphatic rings. The molecular weight excluding hydrogens is 318 g/mol. The van der Waals surface area contributed by atoms with E-state index in [4.69, 9.17) is 10.1 Å². The molecule has 1 N–H and O–H groups in total. The number of rotatable bonds is 3. The fourth-order valence-corrected chi connectivity index (χ4v) is 3.59. The maximum absolute atomic E-state index is 10.9. The average Bonchev–Trinajstić information content (AvgIpc) is 3.11. The van der Waals surface area contributed by atoms with Crippen molar-refractivity contribution in [2.75, 3.05) is 0 Å². The molecule has 0 saturated heterocycles. The van der Waals surface area contributed by atoms with E-state index >= 15 is 0 Å². The van der Waals surface area contributed by atoms with Crippen molar-refractivity contribution in [3.8, 4) is 21.0 Å². The number of aromatic nitrogens is 1. The Labute approximate surface area is 142 Å². The topological polar surface area (TPSA) is 50.2 Å². The maximum atomic E-state index is 10.9. The molecule has 0 amide bonds. The van der Waals surface area contributed by atoms with Gasteiger partial charge in [-0.2, -0.15) is 0 Å². The van der Waals surface area contributed by atoms with Crippen molar-refractivity contribution in [3.05, 3.63) is 78.4 Å². The molecule has 3 nitrogen and oxygen atoms in total. The van der Waals surface area contributed by atoms with Crippen molar-refractivity contribution >= 4 is 28.2 Å². The Balaban J connectivity index is 1.69. The Hall–Kier alpha value is -2.98. The minimum Gasteiger partial charge on any atom is -0.478 e. The first-order chi connectivity index (χ1) is 11.7. The summed E-state index contributed by atoms with van der Waals surface area (Å²) in [7, 11) is 0. The van der Waals surface area contributed by atoms with Crippen LogP contribution in [-0.4, -0.2) is 16.1 Å². The minimum absolute atomic E-state index is 0.298. The molecule has 0 aliphatic carbocycles. The van der Waals surface area contributed by atoms with Crippen molar-refractivity contribution in [1.82, 2.24) is 4.98 Å². The summed E-state index contributed by atoms with van der Waals surface area (Å²) in [6.45, 7) is 0. The van der Waals surface area contributed by atoms with Gasteiger partial charge in [0.2, 0.25) is 0 Å². The largest absolute Gasteiger partial charge is 0.478 e. The van der Waals surface area contributed by atoms with E-state index in [0.717, 1.165) is 31.9 Å². The number of carboxylic acids is 1. The Morgan fingerprint density at radius 1 is 0.833 bits per heavy atom. The minimum atomic E-state index is -0.909. The van der Waals surface area contributed by atoms with Gasteiger partial charge in [0.25, 0.3) is 0 Å². The van der Waals surface area contributed by atoms with E-state index in [9.17, 15) is 4.79 Å². The highest BCUT2D eigenvalue weighted by Crippen LogP contribution is 2.34. The van der Waals surface area contributed by atoms with Gasteiger partial charge in [-0.05, 0) is 42.0 Å². The van der Waals surface area contributed by atoms with Crippen molar-refractivity contribution < 1.29 is 9.90 Å². The van der Waals surface area contributed by atoms with Gasteiger partial charge in [0.05, 0.1) is 21.7 Å². The zero-order valence-electron chi connectivity index (χ0n) is 12.6. The van der Waals surface area contributed by atoms with E-state index in [1.807, 2.05) is 42.5 Å². The van der Waals surface area contributed by atoms with Crippen molar-refractivity contribution in [3.63, 3.8) is 0 Å². The van der Waals surface area contributed by atoms with Crippen LogP contribution in [0.15, 0.2) is 72.8 Å². The highest BCUT2D eigenvalue weighted by molar-refractivity contribution is 7.18. The van der Waals surface area contributed by atoms with Crippen LogP contribution < -0.4 is 0 Å². The molecule has 0 saturated carbocycles. The normalized spacial score (nSPS) is 10.8. The number of para-hydroxylation sites is 1. The summed E-state index contributed by atoms with van der Waals surface area (Å²) in [6.07, 6.45) is 0. The van der Waals surface area contributed by atoms with Gasteiger partial charge in [0.1, 0.15) is 0 Å². The van der Waals surface area contributed by atoms with Gasteiger partial charge in [-0.3, -0.25) is 0 Å². The van der Waals surface area contributed by atoms with E-state index in [1.165, 1.54) is 0 Å². The van der Waals surface area contributed by atoms with Crippen LogP contribution in [0.3, 0.4) is 0 Å². The third-order valence-corrected chi connectivity index (χ3v) is 5.03. The van der Waals surface area contributed by atoms with Crippen LogP contribution in [-0.2, 0) is 0 Å². The molecule has 0 fully saturated rings. The van der Waals surface area contributed by atoms with E-state index in [0.29, 0.717) is 5.56 Å². The van der Waals surface area contributed by atoms with Gasteiger partial charge in [-0.25, -0.2) is 9.78 Å². The Bertz CT molecular complexity index is 1030. The van der Waals surface area contributed by atoms with Crippen LogP contribution in [0.5, 0.6) is 0 Å². The predicted octanol–water partition coefficient (Wildman–Crippen LogP) is 5.33. The quantitative estimate of drug-likeness (QED) is 0.552. The lowest BCUT2D eigenvalue weighted by molar-refractivity contribution is 0.0697. The highest BCUT2D eigenvalue weighted by Gasteiger charge is 2.08. The van der Waals surface area contributed by atoms with Gasteiger partial charge >= 0.3 is 5.97 Å². The summed E-state index contributed by atoms with van der Waals surface area (Å²) in [5.74, 6) is -0.909. The smallest absolute Gasteiger partial charge is 0.335 e. The fraction of sp³-hybridized carbons (Fsp3) is 0. The molecule has 4 aromatic rings. The number of hydrogen-bond donors (Lipinski definition) is 1. The summed E-state index contributed by atoms with van der Waals surface area (Å²) in [6, 6.07) is 23.2. The lowest BCUT2D eigenvalue weighted by Crippen LogP contribution is -1.94. The van der Waals surface area contributed by atoms with E-state index < -0.39 is 5.97 Å². The molecule has 4 heteroatoms. The van der Waals surface area contributed by atoms with Gasteiger partial charge in [0.15, 0.2) is 0 Å². The van der Waals surface area contributed by atoms with E-state index in [-0.39, 0.29) is 0 Å². The molecule has 0 aliphatic heterocycles. The number of hydrogen-bond acceptors (Lipinski definition) is 3. The lowest BCUT2D eigenvalue weighted by Gasteiger charge is -2.01. The van der Waals surface area contributed by atoms with Crippen LogP contribution in [0.4, 0.5) is 0 Å². The monoisotopic (exact) mass is 331 g/mol. The zero-order valence-corrected chi connectivity index (χ0v) is 13.5. The molecule has 2 aromatic heterocycles. The zero-order chi connectivity index (χ0) is 16.5. The van der Waals surface area contributed by atoms with Crippen LogP contribution in [0.2, 0.25) is 0 Å². The lowest BCUT2D eigenvalue weighted by atomic mass is 10.1. The Morgan fingerprint density at radius 3 is 2.38 bits per heavy atom. The molecule has 24 heavy (non-hydrogen) atoms. The Morgan fingerprint density at radius 2 is 1.58 bits per heavy atom. The number of thiophene rings is 1. The third-order valence-electron chi connectivity index (χ3n) is 3.87. The summed E-state index contributed by atoms with van der Waals surface area (Å²) in [5, 5.41) is 10.1. The second-order valence-corrected chi connectivity index (χ2v) is 6.52. The summed E-state index contributed by atoms with van der Waals surface area (Å²) >= 11 is 1.65. The maximum Gasteiger partial charge on any atom is 0.335 e. The van der Waals surface area contributed by atoms with Crippen LogP contribution in [0, 0.1) is 0 Å². The number of aromatic carboxylic acids is 1. The molecule has 0 spiro atoms. The summed E-state index contributed by atoms with van der Waals surface area (Å²) < 4.78 is 0. The molecule has 4 rings (SSSR count). The van der Waals surface area contributed by atoms with Crippen LogP contribution in [0.25, 0.3) is 31.9 Å². The molecular formula is C20H13NO2S. The number of nitrogens with zero attached hydrogens (tertiary/aromatic N) is 1. The van der Waals surface area contributed by atoms with Gasteiger partial charge in [-0.15, -0.1) is 11.3 Å². The molecule has 0 atom stereocenters. The highest BCUT2D eigenvalue weighted by atomic mass is 32.1. The van der Waals surface area contributed by atoms with E-state index in [1.54, 1.807) is 23.5 Å². The second-order valence-electron chi connectivity index (χ2n) is 5.44. The molecule has 0 unspecified atom stereocenters. The van der Waals surface area contributed by atoms with Crippen LogP contribution >= 0.6 is 11.3 Å².